The van der Waals surface area contributed by atoms with Crippen LogP contribution in [0.1, 0.15) is 18.6 Å². The molecule has 0 amide bonds. The molecule has 0 fully saturated rings. The number of methoxy groups -OCH3 is 1. The average molecular weight is 208 g/mol. The van der Waals surface area contributed by atoms with Gasteiger partial charge in [0.05, 0.1) is 7.11 Å². The van der Waals surface area contributed by atoms with Crippen molar-refractivity contribution >= 4 is 5.97 Å². The number of benzene rings is 1. The molecule has 0 radical (unpaired) electrons. The van der Waals surface area contributed by atoms with E-state index in [0.29, 0.717) is 6.61 Å². The van der Waals surface area contributed by atoms with E-state index >= 15 is 0 Å². The average Bonchev–Trinajstić information content (AvgIpc) is 2.60. The summed E-state index contributed by atoms with van der Waals surface area (Å²) in [5, 5.41) is 0. The van der Waals surface area contributed by atoms with E-state index in [0.717, 1.165) is 17.1 Å². The molecule has 1 aromatic rings. The van der Waals surface area contributed by atoms with Gasteiger partial charge in [-0.3, -0.25) is 4.79 Å². The highest BCUT2D eigenvalue weighted by Gasteiger charge is 2.26. The lowest BCUT2D eigenvalue weighted by atomic mass is 10.1. The van der Waals surface area contributed by atoms with Crippen LogP contribution in [0.25, 0.3) is 0 Å². The summed E-state index contributed by atoms with van der Waals surface area (Å²) in [5.41, 5.74) is 0.894. The molecule has 15 heavy (non-hydrogen) atoms. The van der Waals surface area contributed by atoms with Gasteiger partial charge in [-0.05, 0) is 12.1 Å². The van der Waals surface area contributed by atoms with Crippen molar-refractivity contribution in [1.82, 2.24) is 0 Å². The van der Waals surface area contributed by atoms with Gasteiger partial charge in [0.2, 0.25) is 0 Å². The van der Waals surface area contributed by atoms with Crippen molar-refractivity contribution in [3.05, 3.63) is 23.8 Å². The van der Waals surface area contributed by atoms with Crippen LogP contribution in [0.15, 0.2) is 18.2 Å². The molecule has 1 aromatic carbocycles. The minimum atomic E-state index is -0.299. The highest BCUT2D eigenvalue weighted by Crippen LogP contribution is 2.37. The van der Waals surface area contributed by atoms with Crippen LogP contribution >= 0.6 is 0 Å². The Morgan fingerprint density at radius 2 is 2.33 bits per heavy atom. The first kappa shape index (κ1) is 9.83. The summed E-state index contributed by atoms with van der Waals surface area (Å²) in [4.78, 5) is 10.8. The Morgan fingerprint density at radius 3 is 3.00 bits per heavy atom. The number of carbonyl (C=O) groups is 1. The summed E-state index contributed by atoms with van der Waals surface area (Å²) in [6, 6.07) is 5.47. The van der Waals surface area contributed by atoms with Crippen molar-refractivity contribution in [2.24, 2.45) is 0 Å². The molecule has 0 saturated heterocycles. The number of fused-ring (bicyclic) bond motifs is 1. The van der Waals surface area contributed by atoms with Gasteiger partial charge in [-0.1, -0.05) is 0 Å². The van der Waals surface area contributed by atoms with Crippen LogP contribution in [0, 0.1) is 0 Å². The molecule has 1 aliphatic heterocycles. The molecule has 1 heterocycles. The van der Waals surface area contributed by atoms with Crippen LogP contribution in [0.2, 0.25) is 0 Å². The lowest BCUT2D eigenvalue weighted by Crippen LogP contribution is -2.09. The second kappa shape index (κ2) is 3.81. The maximum atomic E-state index is 10.8. The molecule has 4 heteroatoms. The first-order valence-corrected chi connectivity index (χ1v) is 4.68. The number of ether oxygens (including phenoxy) is 3. The molecule has 0 aromatic heterocycles. The Labute approximate surface area is 87.8 Å². The Bertz CT molecular complexity index is 386. The first-order valence-electron chi connectivity index (χ1n) is 4.68. The van der Waals surface area contributed by atoms with Gasteiger partial charge >= 0.3 is 5.97 Å². The van der Waals surface area contributed by atoms with Crippen molar-refractivity contribution in [3.8, 4) is 11.5 Å². The standard InChI is InChI=1S/C11H12O4/c1-7(12)15-11-6-14-10-5-8(13-2)3-4-9(10)11/h3-5,11H,6H2,1-2H3. The van der Waals surface area contributed by atoms with Gasteiger partial charge in [-0.15, -0.1) is 0 Å². The van der Waals surface area contributed by atoms with Gasteiger partial charge in [0.1, 0.15) is 18.1 Å². The molecule has 0 spiro atoms. The van der Waals surface area contributed by atoms with E-state index in [1.165, 1.54) is 6.92 Å². The number of esters is 1. The summed E-state index contributed by atoms with van der Waals surface area (Å²) >= 11 is 0. The van der Waals surface area contributed by atoms with Crippen LogP contribution in [-0.4, -0.2) is 19.7 Å². The van der Waals surface area contributed by atoms with Gasteiger partial charge in [0.15, 0.2) is 6.10 Å². The van der Waals surface area contributed by atoms with Crippen LogP contribution in [0.4, 0.5) is 0 Å². The summed E-state index contributed by atoms with van der Waals surface area (Å²) in [6.45, 7) is 1.77. The molecule has 0 N–H and O–H groups in total. The van der Waals surface area contributed by atoms with E-state index in [1.54, 1.807) is 13.2 Å². The molecule has 0 saturated carbocycles. The smallest absolute Gasteiger partial charge is 0.303 e. The van der Waals surface area contributed by atoms with Crippen LogP contribution in [0.5, 0.6) is 11.5 Å². The fourth-order valence-corrected chi connectivity index (χ4v) is 1.59. The molecule has 1 aliphatic rings. The van der Waals surface area contributed by atoms with Crippen LogP contribution in [0.3, 0.4) is 0 Å². The SMILES string of the molecule is COc1ccc2c(c1)OCC2OC(C)=O. The topological polar surface area (TPSA) is 44.8 Å². The number of hydrogen-bond donors (Lipinski definition) is 0. The van der Waals surface area contributed by atoms with E-state index in [1.807, 2.05) is 12.1 Å². The second-order valence-corrected chi connectivity index (χ2v) is 3.31. The lowest BCUT2D eigenvalue weighted by Gasteiger charge is -2.08. The van der Waals surface area contributed by atoms with Gasteiger partial charge in [0, 0.05) is 18.6 Å². The van der Waals surface area contributed by atoms with Crippen LogP contribution in [-0.2, 0) is 9.53 Å². The Morgan fingerprint density at radius 1 is 1.53 bits per heavy atom. The molecule has 1 atom stereocenters. The number of carbonyl (C=O) groups excluding carboxylic acids is 1. The third-order valence-electron chi connectivity index (χ3n) is 2.27. The van der Waals surface area contributed by atoms with Crippen molar-refractivity contribution in [1.29, 1.82) is 0 Å². The molecular weight excluding hydrogens is 196 g/mol. The number of rotatable bonds is 2. The molecule has 2 rings (SSSR count). The van der Waals surface area contributed by atoms with Crippen molar-refractivity contribution in [3.63, 3.8) is 0 Å². The second-order valence-electron chi connectivity index (χ2n) is 3.31. The van der Waals surface area contributed by atoms with Crippen LogP contribution < -0.4 is 9.47 Å². The molecule has 1 unspecified atom stereocenters. The predicted octanol–water partition coefficient (Wildman–Crippen LogP) is 1.69. The highest BCUT2D eigenvalue weighted by atomic mass is 16.6. The highest BCUT2D eigenvalue weighted by molar-refractivity contribution is 5.66. The first-order chi connectivity index (χ1) is 7.20. The van der Waals surface area contributed by atoms with Gasteiger partial charge in [-0.2, -0.15) is 0 Å². The number of hydrogen-bond acceptors (Lipinski definition) is 4. The molecule has 4 nitrogen and oxygen atoms in total. The lowest BCUT2D eigenvalue weighted by molar-refractivity contribution is -0.147. The Balaban J connectivity index is 2.24. The van der Waals surface area contributed by atoms with E-state index in [9.17, 15) is 4.79 Å². The molecule has 0 aliphatic carbocycles. The van der Waals surface area contributed by atoms with E-state index in [-0.39, 0.29) is 12.1 Å². The maximum Gasteiger partial charge on any atom is 0.303 e. The van der Waals surface area contributed by atoms with Gasteiger partial charge < -0.3 is 14.2 Å². The summed E-state index contributed by atoms with van der Waals surface area (Å²) in [5.74, 6) is 1.16. The van der Waals surface area contributed by atoms with Gasteiger partial charge in [-0.25, -0.2) is 0 Å². The zero-order valence-electron chi connectivity index (χ0n) is 8.65. The molecule has 80 valence electrons. The van der Waals surface area contributed by atoms with E-state index in [2.05, 4.69) is 0 Å². The van der Waals surface area contributed by atoms with Crippen molar-refractivity contribution in [2.45, 2.75) is 13.0 Å². The Hall–Kier alpha value is -1.71. The monoisotopic (exact) mass is 208 g/mol. The molecular formula is C11H12O4. The van der Waals surface area contributed by atoms with Crippen molar-refractivity contribution in [2.75, 3.05) is 13.7 Å². The zero-order valence-corrected chi connectivity index (χ0v) is 8.65. The maximum absolute atomic E-state index is 10.8. The third kappa shape index (κ3) is 1.88. The summed E-state index contributed by atoms with van der Waals surface area (Å²) < 4.78 is 15.6. The molecule has 0 bridgehead atoms. The zero-order chi connectivity index (χ0) is 10.8. The van der Waals surface area contributed by atoms with E-state index < -0.39 is 0 Å². The Kier molecular flexibility index (Phi) is 2.49. The summed E-state index contributed by atoms with van der Waals surface area (Å²) in [7, 11) is 1.60. The third-order valence-corrected chi connectivity index (χ3v) is 2.27. The summed E-state index contributed by atoms with van der Waals surface area (Å²) in [6.07, 6.45) is -0.289. The fraction of sp³-hybridized carbons (Fsp3) is 0.364. The largest absolute Gasteiger partial charge is 0.497 e. The van der Waals surface area contributed by atoms with Gasteiger partial charge in [0.25, 0.3) is 0 Å². The van der Waals surface area contributed by atoms with Crippen molar-refractivity contribution < 1.29 is 19.0 Å². The van der Waals surface area contributed by atoms with E-state index in [4.69, 9.17) is 14.2 Å². The quantitative estimate of drug-likeness (QED) is 0.694. The minimum Gasteiger partial charge on any atom is -0.497 e. The predicted molar refractivity (Wildman–Crippen MR) is 53.0 cm³/mol. The minimum absolute atomic E-state index is 0.289. The fourth-order valence-electron chi connectivity index (χ4n) is 1.59. The normalized spacial score (nSPS) is 17.9.